The van der Waals surface area contributed by atoms with Crippen LogP contribution in [-0.2, 0) is 15.7 Å². The molecule has 1 heterocycles. The standard InChI is InChI=1S/C15H10F3N3O6/c16-15(17,18)9-4-5-10(12(7-9)21(25)26)19-13(22)8-27-14(23)11-3-1-2-6-20(11)24/h1-7H,8H2,(H,19,22). The lowest BCUT2D eigenvalue weighted by molar-refractivity contribution is -0.608. The van der Waals surface area contributed by atoms with Crippen LogP contribution in [0.4, 0.5) is 24.5 Å². The topological polar surface area (TPSA) is 125 Å². The summed E-state index contributed by atoms with van der Waals surface area (Å²) < 4.78 is 42.7. The van der Waals surface area contributed by atoms with Crippen LogP contribution in [0.5, 0.6) is 0 Å². The van der Waals surface area contributed by atoms with Crippen LogP contribution in [0.3, 0.4) is 0 Å². The maximum Gasteiger partial charge on any atom is 0.416 e. The number of aromatic nitrogens is 1. The van der Waals surface area contributed by atoms with Crippen molar-refractivity contribution in [1.29, 1.82) is 0 Å². The predicted octanol–water partition coefficient (Wildman–Crippen LogP) is 2.04. The molecule has 0 aliphatic rings. The van der Waals surface area contributed by atoms with Crippen molar-refractivity contribution >= 4 is 23.3 Å². The first kappa shape index (κ1) is 19.6. The number of hydrogen-bond acceptors (Lipinski definition) is 6. The summed E-state index contributed by atoms with van der Waals surface area (Å²) in [6.45, 7) is -0.911. The number of benzene rings is 1. The number of halogens is 3. The summed E-state index contributed by atoms with van der Waals surface area (Å²) in [6, 6.07) is 5.43. The molecule has 2 rings (SSSR count). The number of hydrogen-bond donors (Lipinski definition) is 1. The number of nitro groups is 1. The van der Waals surface area contributed by atoms with E-state index in [2.05, 4.69) is 4.74 Å². The highest BCUT2D eigenvalue weighted by molar-refractivity contribution is 5.96. The first-order valence-corrected chi connectivity index (χ1v) is 7.10. The highest BCUT2D eigenvalue weighted by atomic mass is 19.4. The third-order valence-electron chi connectivity index (χ3n) is 3.16. The molecule has 0 atom stereocenters. The number of esters is 1. The number of pyridine rings is 1. The number of nitrogens with one attached hydrogen (secondary N) is 1. The maximum absolute atomic E-state index is 12.6. The van der Waals surface area contributed by atoms with E-state index in [1.54, 1.807) is 0 Å². The molecule has 1 aromatic carbocycles. The second kappa shape index (κ2) is 7.68. The van der Waals surface area contributed by atoms with E-state index in [9.17, 15) is 38.1 Å². The number of carbonyl (C=O) groups is 2. The van der Waals surface area contributed by atoms with Crippen LogP contribution in [-0.4, -0.2) is 23.4 Å². The van der Waals surface area contributed by atoms with Gasteiger partial charge in [0.1, 0.15) is 5.69 Å². The second-order valence-corrected chi connectivity index (χ2v) is 5.02. The summed E-state index contributed by atoms with van der Waals surface area (Å²) >= 11 is 0. The average molecular weight is 385 g/mol. The van der Waals surface area contributed by atoms with Crippen LogP contribution in [0.25, 0.3) is 0 Å². The Kier molecular flexibility index (Phi) is 5.58. The van der Waals surface area contributed by atoms with Crippen molar-refractivity contribution in [3.8, 4) is 0 Å². The highest BCUT2D eigenvalue weighted by Gasteiger charge is 2.33. The molecule has 142 valence electrons. The van der Waals surface area contributed by atoms with Crippen molar-refractivity contribution in [2.75, 3.05) is 11.9 Å². The lowest BCUT2D eigenvalue weighted by Crippen LogP contribution is -2.35. The van der Waals surface area contributed by atoms with Gasteiger partial charge in [-0.3, -0.25) is 14.9 Å². The fourth-order valence-electron chi connectivity index (χ4n) is 1.94. The molecule has 1 N–H and O–H groups in total. The highest BCUT2D eigenvalue weighted by Crippen LogP contribution is 2.34. The fourth-order valence-corrected chi connectivity index (χ4v) is 1.94. The molecular formula is C15H10F3N3O6. The van der Waals surface area contributed by atoms with Crippen molar-refractivity contribution in [1.82, 2.24) is 0 Å². The van der Waals surface area contributed by atoms with Gasteiger partial charge in [-0.2, -0.15) is 17.9 Å². The molecule has 12 heteroatoms. The normalized spacial score (nSPS) is 10.9. The zero-order chi connectivity index (χ0) is 20.2. The van der Waals surface area contributed by atoms with Crippen LogP contribution >= 0.6 is 0 Å². The van der Waals surface area contributed by atoms with E-state index >= 15 is 0 Å². The molecule has 0 unspecified atom stereocenters. The first-order valence-electron chi connectivity index (χ1n) is 7.10. The quantitative estimate of drug-likeness (QED) is 0.276. The van der Waals surface area contributed by atoms with Gasteiger partial charge < -0.3 is 15.3 Å². The van der Waals surface area contributed by atoms with Gasteiger partial charge in [0.15, 0.2) is 12.8 Å². The lowest BCUT2D eigenvalue weighted by Gasteiger charge is -2.10. The third-order valence-corrected chi connectivity index (χ3v) is 3.16. The molecule has 9 nitrogen and oxygen atoms in total. The van der Waals surface area contributed by atoms with E-state index in [0.717, 1.165) is 12.3 Å². The van der Waals surface area contributed by atoms with Gasteiger partial charge in [-0.15, -0.1) is 0 Å². The number of nitro benzene ring substituents is 1. The van der Waals surface area contributed by atoms with Crippen molar-refractivity contribution in [2.24, 2.45) is 0 Å². The Morgan fingerprint density at radius 1 is 1.22 bits per heavy atom. The first-order chi connectivity index (χ1) is 12.6. The van der Waals surface area contributed by atoms with Gasteiger partial charge >= 0.3 is 17.8 Å². The van der Waals surface area contributed by atoms with Crippen molar-refractivity contribution < 1.29 is 37.2 Å². The average Bonchev–Trinajstić information content (AvgIpc) is 2.59. The maximum atomic E-state index is 12.6. The van der Waals surface area contributed by atoms with Crippen LogP contribution < -0.4 is 10.0 Å². The molecule has 0 radical (unpaired) electrons. The van der Waals surface area contributed by atoms with Crippen LogP contribution in [0.15, 0.2) is 42.6 Å². The third kappa shape index (κ3) is 4.90. The molecule has 0 bridgehead atoms. The number of carbonyl (C=O) groups excluding carboxylic acids is 2. The van der Waals surface area contributed by atoms with Crippen molar-refractivity contribution in [3.63, 3.8) is 0 Å². The lowest BCUT2D eigenvalue weighted by atomic mass is 10.1. The van der Waals surface area contributed by atoms with Crippen LogP contribution in [0, 0.1) is 15.3 Å². The molecule has 27 heavy (non-hydrogen) atoms. The molecule has 2 aromatic rings. The minimum atomic E-state index is -4.80. The number of alkyl halides is 3. The number of ether oxygens (including phenoxy) is 1. The van der Waals surface area contributed by atoms with E-state index in [0.29, 0.717) is 12.1 Å². The Morgan fingerprint density at radius 2 is 1.93 bits per heavy atom. The van der Waals surface area contributed by atoms with Gasteiger partial charge in [-0.25, -0.2) is 4.79 Å². The summed E-state index contributed by atoms with van der Waals surface area (Å²) in [7, 11) is 0. The molecule has 1 aromatic heterocycles. The molecule has 0 saturated heterocycles. The van der Waals surface area contributed by atoms with Crippen LogP contribution in [0.1, 0.15) is 16.1 Å². The van der Waals surface area contributed by atoms with Crippen LogP contribution in [0.2, 0.25) is 0 Å². The number of anilines is 1. The van der Waals surface area contributed by atoms with Gasteiger partial charge in [0.2, 0.25) is 0 Å². The van der Waals surface area contributed by atoms with Gasteiger partial charge in [0.25, 0.3) is 11.6 Å². The summed E-state index contributed by atoms with van der Waals surface area (Å²) in [5.41, 5.74) is -3.15. The molecular weight excluding hydrogens is 375 g/mol. The Balaban J connectivity index is 2.08. The molecule has 0 spiro atoms. The summed E-state index contributed by atoms with van der Waals surface area (Å²) in [5, 5.41) is 24.3. The zero-order valence-electron chi connectivity index (χ0n) is 13.2. The second-order valence-electron chi connectivity index (χ2n) is 5.02. The van der Waals surface area contributed by atoms with E-state index < -0.39 is 52.2 Å². The van der Waals surface area contributed by atoms with E-state index in [1.165, 1.54) is 12.1 Å². The molecule has 0 aliphatic carbocycles. The zero-order valence-corrected chi connectivity index (χ0v) is 13.2. The molecule has 1 amide bonds. The Bertz CT molecular complexity index is 901. The number of rotatable bonds is 5. The minimum Gasteiger partial charge on any atom is -0.618 e. The van der Waals surface area contributed by atoms with E-state index in [4.69, 9.17) is 0 Å². The fraction of sp³-hybridized carbons (Fsp3) is 0.133. The largest absolute Gasteiger partial charge is 0.618 e. The van der Waals surface area contributed by atoms with Gasteiger partial charge in [-0.05, 0) is 18.2 Å². The minimum absolute atomic E-state index is 0.209. The molecule has 0 fully saturated rings. The van der Waals surface area contributed by atoms with E-state index in [-0.39, 0.29) is 10.8 Å². The Morgan fingerprint density at radius 3 is 2.52 bits per heavy atom. The van der Waals surface area contributed by atoms with Gasteiger partial charge in [-0.1, -0.05) is 0 Å². The SMILES string of the molecule is O=C(COC(=O)c1cccc[n+]1[O-])Nc1ccc(C(F)(F)F)cc1[N+](=O)[O-]. The predicted molar refractivity (Wildman–Crippen MR) is 82.4 cm³/mol. The number of nitrogens with zero attached hydrogens (tertiary/aromatic N) is 2. The smallest absolute Gasteiger partial charge is 0.416 e. The summed E-state index contributed by atoms with van der Waals surface area (Å²) in [4.78, 5) is 33.3. The summed E-state index contributed by atoms with van der Waals surface area (Å²) in [6.07, 6.45) is -3.77. The van der Waals surface area contributed by atoms with Crippen molar-refractivity contribution in [3.05, 3.63) is 69.2 Å². The Hall–Kier alpha value is -3.70. The van der Waals surface area contributed by atoms with Gasteiger partial charge in [0, 0.05) is 18.2 Å². The van der Waals surface area contributed by atoms with Gasteiger partial charge in [0.05, 0.1) is 10.5 Å². The number of amides is 1. The van der Waals surface area contributed by atoms with E-state index in [1.807, 2.05) is 5.32 Å². The summed E-state index contributed by atoms with van der Waals surface area (Å²) in [5.74, 6) is -2.16. The Labute approximate surface area is 148 Å². The van der Waals surface area contributed by atoms with Crippen molar-refractivity contribution in [2.45, 2.75) is 6.18 Å². The monoisotopic (exact) mass is 385 g/mol. The molecule has 0 saturated carbocycles. The molecule has 0 aliphatic heterocycles.